The highest BCUT2D eigenvalue weighted by Crippen LogP contribution is 2.05. The lowest BCUT2D eigenvalue weighted by atomic mass is 10.2. The number of carbonyl (C=O) groups is 1. The summed E-state index contributed by atoms with van der Waals surface area (Å²) in [5, 5.41) is 0. The van der Waals surface area contributed by atoms with Crippen molar-refractivity contribution in [1.29, 1.82) is 0 Å². The number of unbranched alkanes of at least 4 members (excludes halogenated alkanes) is 4. The van der Waals surface area contributed by atoms with Gasteiger partial charge in [0.05, 0.1) is 26.6 Å². The molecule has 1 rings (SSSR count). The Morgan fingerprint density at radius 3 is 2.55 bits per heavy atom. The van der Waals surface area contributed by atoms with Crippen molar-refractivity contribution in [3.8, 4) is 0 Å². The summed E-state index contributed by atoms with van der Waals surface area (Å²) in [6.07, 6.45) is 13.1. The first kappa shape index (κ1) is 21.2. The Morgan fingerprint density at radius 2 is 1.91 bits per heavy atom. The predicted octanol–water partition coefficient (Wildman–Crippen LogP) is 0.266. The van der Waals surface area contributed by atoms with E-state index in [0.29, 0.717) is 6.42 Å². The van der Waals surface area contributed by atoms with Crippen LogP contribution in [0.5, 0.6) is 0 Å². The van der Waals surface area contributed by atoms with Gasteiger partial charge in [0.2, 0.25) is 6.33 Å². The van der Waals surface area contributed by atoms with Crippen LogP contribution >= 0.6 is 0 Å². The fourth-order valence-corrected chi connectivity index (χ4v) is 2.47. The number of aromatic nitrogens is 2. The van der Waals surface area contributed by atoms with Gasteiger partial charge in [0.15, 0.2) is 0 Å². The summed E-state index contributed by atoms with van der Waals surface area (Å²) in [6, 6.07) is 0. The molecule has 0 amide bonds. The van der Waals surface area contributed by atoms with Gasteiger partial charge in [-0.2, -0.15) is 0 Å². The van der Waals surface area contributed by atoms with Gasteiger partial charge in [-0.25, -0.2) is 9.13 Å². The Kier molecular flexibility index (Phi) is 12.2. The van der Waals surface area contributed by atoms with E-state index < -0.39 is 0 Å². The van der Waals surface area contributed by atoms with Gasteiger partial charge in [-0.15, -0.1) is 0 Å². The smallest absolute Gasteiger partial charge is 0.305 e. The summed E-state index contributed by atoms with van der Waals surface area (Å²) >= 11 is 0. The number of aryl methyl sites for hydroxylation is 3. The monoisotopic (exact) mass is 374 g/mol. The van der Waals surface area contributed by atoms with Gasteiger partial charge in [0.25, 0.3) is 0 Å². The number of ether oxygens (including phenoxy) is 1. The lowest BCUT2D eigenvalue weighted by Gasteiger charge is -2.01. The van der Waals surface area contributed by atoms with Crippen molar-refractivity contribution >= 4 is 5.97 Å². The van der Waals surface area contributed by atoms with Crippen LogP contribution in [-0.2, 0) is 29.0 Å². The Morgan fingerprint density at radius 1 is 1.18 bits per heavy atom. The standard InChI is InChI=1S/C17H31N2O2.BrH/c1-4-6-8-9-13-19-15-18(12-7-5-2)14-16(19)10-11-17(20)21-3;/h14-15H,4-13H2,1-3H3;1H/q+1;/p-1. The summed E-state index contributed by atoms with van der Waals surface area (Å²) in [5.41, 5.74) is 1.24. The summed E-state index contributed by atoms with van der Waals surface area (Å²) in [7, 11) is 1.45. The van der Waals surface area contributed by atoms with Crippen LogP contribution in [0.25, 0.3) is 0 Å². The summed E-state index contributed by atoms with van der Waals surface area (Å²) in [6.45, 7) is 6.55. The first-order valence-electron chi connectivity index (χ1n) is 8.36. The van der Waals surface area contributed by atoms with Gasteiger partial charge < -0.3 is 21.7 Å². The van der Waals surface area contributed by atoms with E-state index in [-0.39, 0.29) is 23.0 Å². The summed E-state index contributed by atoms with van der Waals surface area (Å²) in [5.74, 6) is -0.131. The quantitative estimate of drug-likeness (QED) is 0.316. The van der Waals surface area contributed by atoms with E-state index in [1.54, 1.807) is 0 Å². The van der Waals surface area contributed by atoms with Crippen molar-refractivity contribution in [2.75, 3.05) is 7.11 Å². The number of rotatable bonds is 11. The minimum atomic E-state index is -0.131. The van der Waals surface area contributed by atoms with Crippen molar-refractivity contribution < 1.29 is 31.1 Å². The zero-order chi connectivity index (χ0) is 15.5. The van der Waals surface area contributed by atoms with Crippen LogP contribution in [0.1, 0.15) is 64.5 Å². The molecule has 1 heterocycles. The fraction of sp³-hybridized carbons (Fsp3) is 0.765. The molecule has 0 unspecified atom stereocenters. The Hall–Kier alpha value is -0.840. The number of hydrogen-bond donors (Lipinski definition) is 0. The Balaban J connectivity index is 0.00000441. The minimum Gasteiger partial charge on any atom is -1.00 e. The topological polar surface area (TPSA) is 35.1 Å². The van der Waals surface area contributed by atoms with E-state index in [4.69, 9.17) is 4.74 Å². The average Bonchev–Trinajstić information content (AvgIpc) is 2.89. The highest BCUT2D eigenvalue weighted by Gasteiger charge is 2.14. The summed E-state index contributed by atoms with van der Waals surface area (Å²) < 4.78 is 9.32. The van der Waals surface area contributed by atoms with Gasteiger partial charge in [0.1, 0.15) is 11.9 Å². The molecule has 0 fully saturated rings. The second kappa shape index (κ2) is 12.7. The third-order valence-corrected chi connectivity index (χ3v) is 3.81. The van der Waals surface area contributed by atoms with E-state index in [1.807, 2.05) is 0 Å². The number of hydrogen-bond acceptors (Lipinski definition) is 2. The molecule has 5 heteroatoms. The van der Waals surface area contributed by atoms with E-state index >= 15 is 0 Å². The van der Waals surface area contributed by atoms with Gasteiger partial charge in [-0.3, -0.25) is 4.79 Å². The molecule has 0 saturated carbocycles. The number of esters is 1. The molecule has 22 heavy (non-hydrogen) atoms. The van der Waals surface area contributed by atoms with Crippen LogP contribution in [0, 0.1) is 0 Å². The second-order valence-corrected chi connectivity index (χ2v) is 5.66. The number of methoxy groups -OCH3 is 1. The number of carbonyl (C=O) groups excluding carboxylic acids is 1. The molecular formula is C17H31BrN2O2. The van der Waals surface area contributed by atoms with Crippen LogP contribution in [0.15, 0.2) is 12.5 Å². The number of halogens is 1. The maximum Gasteiger partial charge on any atom is 0.305 e. The molecule has 4 nitrogen and oxygen atoms in total. The normalized spacial score (nSPS) is 10.3. The SMILES string of the molecule is CCCCCC[n+]1cn(CCCC)cc1CCC(=O)OC.[Br-]. The molecule has 0 saturated heterocycles. The number of nitrogens with zero attached hydrogens (tertiary/aromatic N) is 2. The third kappa shape index (κ3) is 7.97. The molecule has 0 bridgehead atoms. The lowest BCUT2D eigenvalue weighted by Crippen LogP contribution is -3.00. The molecule has 0 aliphatic carbocycles. The molecule has 128 valence electrons. The van der Waals surface area contributed by atoms with E-state index in [9.17, 15) is 4.79 Å². The molecule has 1 aromatic rings. The molecule has 0 spiro atoms. The lowest BCUT2D eigenvalue weighted by molar-refractivity contribution is -0.703. The van der Waals surface area contributed by atoms with Crippen molar-refractivity contribution in [1.82, 2.24) is 4.57 Å². The molecule has 0 aliphatic heterocycles. The third-order valence-electron chi connectivity index (χ3n) is 3.81. The molecule has 0 aliphatic rings. The fourth-order valence-electron chi connectivity index (χ4n) is 2.47. The Bertz CT molecular complexity index is 419. The highest BCUT2D eigenvalue weighted by molar-refractivity contribution is 5.69. The minimum absolute atomic E-state index is 0. The van der Waals surface area contributed by atoms with Crippen LogP contribution < -0.4 is 21.5 Å². The van der Waals surface area contributed by atoms with Crippen LogP contribution in [-0.4, -0.2) is 17.6 Å². The van der Waals surface area contributed by atoms with Crippen molar-refractivity contribution in [2.24, 2.45) is 0 Å². The molecular weight excluding hydrogens is 344 g/mol. The van der Waals surface area contributed by atoms with Gasteiger partial charge in [-0.1, -0.05) is 33.1 Å². The zero-order valence-corrected chi connectivity index (χ0v) is 15.9. The van der Waals surface area contributed by atoms with E-state index in [0.717, 1.165) is 19.5 Å². The molecule has 0 aromatic carbocycles. The van der Waals surface area contributed by atoms with Gasteiger partial charge in [0, 0.05) is 6.42 Å². The maximum absolute atomic E-state index is 11.3. The molecule has 0 radical (unpaired) electrons. The first-order valence-corrected chi connectivity index (χ1v) is 8.36. The van der Waals surface area contributed by atoms with Crippen LogP contribution in [0.4, 0.5) is 0 Å². The van der Waals surface area contributed by atoms with Gasteiger partial charge >= 0.3 is 5.97 Å². The largest absolute Gasteiger partial charge is 1.00 e. The van der Waals surface area contributed by atoms with Crippen LogP contribution in [0.2, 0.25) is 0 Å². The summed E-state index contributed by atoms with van der Waals surface area (Å²) in [4.78, 5) is 11.3. The highest BCUT2D eigenvalue weighted by atomic mass is 79.9. The van der Waals surface area contributed by atoms with Gasteiger partial charge in [-0.05, 0) is 19.3 Å². The predicted molar refractivity (Wildman–Crippen MR) is 84.0 cm³/mol. The van der Waals surface area contributed by atoms with Crippen molar-refractivity contribution in [3.63, 3.8) is 0 Å². The van der Waals surface area contributed by atoms with Crippen molar-refractivity contribution in [2.45, 2.75) is 78.3 Å². The van der Waals surface area contributed by atoms with E-state index in [1.165, 1.54) is 51.3 Å². The van der Waals surface area contributed by atoms with E-state index in [2.05, 4.69) is 35.5 Å². The van der Waals surface area contributed by atoms with Crippen molar-refractivity contribution in [3.05, 3.63) is 18.2 Å². The second-order valence-electron chi connectivity index (χ2n) is 5.66. The Labute approximate surface area is 145 Å². The number of imidazole rings is 1. The molecule has 0 atom stereocenters. The first-order chi connectivity index (χ1) is 10.2. The molecule has 1 aromatic heterocycles. The molecule has 0 N–H and O–H groups in total. The zero-order valence-electron chi connectivity index (χ0n) is 14.3. The average molecular weight is 375 g/mol. The maximum atomic E-state index is 11.3. The van der Waals surface area contributed by atoms with Crippen LogP contribution in [0.3, 0.4) is 0 Å².